The van der Waals surface area contributed by atoms with Crippen LogP contribution in [0.5, 0.6) is 17.4 Å². The number of aromatic nitrogens is 1. The molecule has 2 rings (SSSR count). The molecule has 0 aliphatic rings. The lowest BCUT2D eigenvalue weighted by atomic mass is 10.1. The lowest BCUT2D eigenvalue weighted by Crippen LogP contribution is -2.36. The zero-order valence-electron chi connectivity index (χ0n) is 16.2. The summed E-state index contributed by atoms with van der Waals surface area (Å²) in [5.41, 5.74) is 6.55. The number of phenols is 2. The molecule has 4 N–H and O–H groups in total. The first-order valence-corrected chi connectivity index (χ1v) is 9.03. The Kier molecular flexibility index (Phi) is 7.79. The van der Waals surface area contributed by atoms with Gasteiger partial charge in [-0.15, -0.1) is 0 Å². The van der Waals surface area contributed by atoms with Crippen LogP contribution >= 0.6 is 0 Å². The first-order valence-electron chi connectivity index (χ1n) is 9.03. The zero-order valence-corrected chi connectivity index (χ0v) is 16.2. The van der Waals surface area contributed by atoms with Crippen molar-refractivity contribution in [1.29, 1.82) is 0 Å². The Morgan fingerprint density at radius 1 is 1.21 bits per heavy atom. The topological polar surface area (TPSA) is 141 Å². The number of carbonyl (C=O) groups excluding carboxylic acids is 2. The molecule has 9 nitrogen and oxygen atoms in total. The van der Waals surface area contributed by atoms with Gasteiger partial charge in [0.1, 0.15) is 24.3 Å². The lowest BCUT2D eigenvalue weighted by Gasteiger charge is -2.16. The van der Waals surface area contributed by atoms with Crippen molar-refractivity contribution in [3.63, 3.8) is 0 Å². The van der Waals surface area contributed by atoms with Gasteiger partial charge < -0.3 is 30.2 Å². The molecule has 0 aliphatic heterocycles. The fourth-order valence-corrected chi connectivity index (χ4v) is 2.42. The van der Waals surface area contributed by atoms with E-state index in [0.717, 1.165) is 0 Å². The maximum atomic E-state index is 12.3. The predicted molar refractivity (Wildman–Crippen MR) is 103 cm³/mol. The van der Waals surface area contributed by atoms with Crippen LogP contribution in [0.2, 0.25) is 0 Å². The van der Waals surface area contributed by atoms with Crippen molar-refractivity contribution in [3.8, 4) is 17.4 Å². The number of pyridine rings is 1. The standard InChI is InChI=1S/C20H24N2O7/c1-3-27-18-14(5-4-8-22-18)19(25)29-12(2)11-28-20(26)15(21)9-13-6-7-16(23)17(24)10-13/h4-8,10,12,15,23-24H,3,9,11,21H2,1-2H3/t12-,15+/m1/s1. The molecule has 0 spiro atoms. The van der Waals surface area contributed by atoms with Crippen LogP contribution in [0.25, 0.3) is 0 Å². The maximum Gasteiger partial charge on any atom is 0.344 e. The summed E-state index contributed by atoms with van der Waals surface area (Å²) in [7, 11) is 0. The fourth-order valence-electron chi connectivity index (χ4n) is 2.42. The van der Waals surface area contributed by atoms with Gasteiger partial charge in [0, 0.05) is 6.20 Å². The number of hydrogen-bond acceptors (Lipinski definition) is 9. The van der Waals surface area contributed by atoms with Crippen molar-refractivity contribution in [2.45, 2.75) is 32.4 Å². The highest BCUT2D eigenvalue weighted by molar-refractivity contribution is 5.91. The first-order chi connectivity index (χ1) is 13.8. The maximum absolute atomic E-state index is 12.3. The summed E-state index contributed by atoms with van der Waals surface area (Å²) in [4.78, 5) is 28.3. The van der Waals surface area contributed by atoms with Crippen molar-refractivity contribution in [1.82, 2.24) is 4.98 Å². The van der Waals surface area contributed by atoms with Gasteiger partial charge >= 0.3 is 11.9 Å². The number of hydrogen-bond donors (Lipinski definition) is 3. The largest absolute Gasteiger partial charge is 0.504 e. The van der Waals surface area contributed by atoms with Crippen LogP contribution in [0, 0.1) is 0 Å². The number of nitrogens with zero attached hydrogens (tertiary/aromatic N) is 1. The van der Waals surface area contributed by atoms with Gasteiger partial charge in [-0.3, -0.25) is 4.79 Å². The second-order valence-corrected chi connectivity index (χ2v) is 6.27. The molecule has 1 aromatic heterocycles. The average Bonchev–Trinajstić information content (AvgIpc) is 2.69. The highest BCUT2D eigenvalue weighted by Gasteiger charge is 2.21. The van der Waals surface area contributed by atoms with Crippen molar-refractivity contribution in [2.24, 2.45) is 5.73 Å². The third-order valence-electron chi connectivity index (χ3n) is 3.84. The molecule has 0 saturated carbocycles. The monoisotopic (exact) mass is 404 g/mol. The van der Waals surface area contributed by atoms with Crippen molar-refractivity contribution >= 4 is 11.9 Å². The molecule has 0 saturated heterocycles. The predicted octanol–water partition coefficient (Wildman–Crippen LogP) is 1.55. The number of benzene rings is 1. The quantitative estimate of drug-likeness (QED) is 0.419. The Morgan fingerprint density at radius 2 is 1.97 bits per heavy atom. The number of esters is 2. The second kappa shape index (κ2) is 10.3. The van der Waals surface area contributed by atoms with Gasteiger partial charge in [0.05, 0.1) is 6.61 Å². The Bertz CT molecular complexity index is 856. The van der Waals surface area contributed by atoms with Gasteiger partial charge in [0.2, 0.25) is 5.88 Å². The van der Waals surface area contributed by atoms with Crippen LogP contribution in [0.1, 0.15) is 29.8 Å². The molecule has 29 heavy (non-hydrogen) atoms. The molecular weight excluding hydrogens is 380 g/mol. The van der Waals surface area contributed by atoms with Crippen LogP contribution < -0.4 is 10.5 Å². The van der Waals surface area contributed by atoms with E-state index in [9.17, 15) is 19.8 Å². The van der Waals surface area contributed by atoms with Crippen LogP contribution in [0.3, 0.4) is 0 Å². The highest BCUT2D eigenvalue weighted by Crippen LogP contribution is 2.25. The molecule has 0 aliphatic carbocycles. The van der Waals surface area contributed by atoms with Crippen LogP contribution in [0.15, 0.2) is 36.5 Å². The van der Waals surface area contributed by atoms with Gasteiger partial charge in [0.15, 0.2) is 11.5 Å². The summed E-state index contributed by atoms with van der Waals surface area (Å²) < 4.78 is 15.7. The first kappa shape index (κ1) is 22.0. The molecule has 156 valence electrons. The fraction of sp³-hybridized carbons (Fsp3) is 0.350. The molecule has 1 heterocycles. The third kappa shape index (κ3) is 6.35. The van der Waals surface area contributed by atoms with Crippen molar-refractivity contribution < 1.29 is 34.0 Å². The summed E-state index contributed by atoms with van der Waals surface area (Å²) >= 11 is 0. The summed E-state index contributed by atoms with van der Waals surface area (Å²) in [5.74, 6) is -1.72. The molecule has 0 fully saturated rings. The minimum atomic E-state index is -0.982. The Balaban J connectivity index is 1.84. The van der Waals surface area contributed by atoms with E-state index in [1.54, 1.807) is 19.9 Å². The van der Waals surface area contributed by atoms with Gasteiger partial charge in [-0.1, -0.05) is 6.07 Å². The minimum Gasteiger partial charge on any atom is -0.504 e. The zero-order chi connectivity index (χ0) is 21.4. The number of rotatable bonds is 9. The van der Waals surface area contributed by atoms with Gasteiger partial charge in [-0.25, -0.2) is 9.78 Å². The number of nitrogens with two attached hydrogens (primary N) is 1. The van der Waals surface area contributed by atoms with Crippen LogP contribution in [-0.2, 0) is 20.7 Å². The molecule has 2 atom stereocenters. The van der Waals surface area contributed by atoms with Crippen molar-refractivity contribution in [3.05, 3.63) is 47.7 Å². The summed E-state index contributed by atoms with van der Waals surface area (Å²) in [6, 6.07) is 6.29. The van der Waals surface area contributed by atoms with E-state index in [4.69, 9.17) is 19.9 Å². The normalized spacial score (nSPS) is 12.7. The molecule has 0 bridgehead atoms. The van der Waals surface area contributed by atoms with Gasteiger partial charge in [-0.2, -0.15) is 0 Å². The third-order valence-corrected chi connectivity index (χ3v) is 3.84. The SMILES string of the molecule is CCOc1ncccc1C(=O)O[C@H](C)COC(=O)[C@@H](N)Cc1ccc(O)c(O)c1. The van der Waals surface area contributed by atoms with Gasteiger partial charge in [-0.05, 0) is 50.1 Å². The molecular formula is C20H24N2O7. The summed E-state index contributed by atoms with van der Waals surface area (Å²) in [6.07, 6.45) is 0.891. The smallest absolute Gasteiger partial charge is 0.344 e. The van der Waals surface area contributed by atoms with Crippen LogP contribution in [-0.4, -0.2) is 52.5 Å². The van der Waals surface area contributed by atoms with E-state index in [1.807, 2.05) is 0 Å². The molecule has 0 radical (unpaired) electrons. The molecule has 2 aromatic rings. The highest BCUT2D eigenvalue weighted by atomic mass is 16.6. The Labute approximate surface area is 168 Å². The molecule has 0 unspecified atom stereocenters. The van der Waals surface area contributed by atoms with E-state index in [2.05, 4.69) is 4.98 Å². The minimum absolute atomic E-state index is 0.105. The molecule has 0 amide bonds. The van der Waals surface area contributed by atoms with Crippen LogP contribution in [0.4, 0.5) is 0 Å². The van der Waals surface area contributed by atoms with E-state index in [-0.39, 0.29) is 36.0 Å². The Morgan fingerprint density at radius 3 is 2.66 bits per heavy atom. The average molecular weight is 404 g/mol. The van der Waals surface area contributed by atoms with E-state index >= 15 is 0 Å². The molecule has 1 aromatic carbocycles. The number of carbonyl (C=O) groups is 2. The van der Waals surface area contributed by atoms with E-state index < -0.39 is 24.1 Å². The summed E-state index contributed by atoms with van der Waals surface area (Å²) in [6.45, 7) is 3.52. The van der Waals surface area contributed by atoms with E-state index in [1.165, 1.54) is 30.5 Å². The summed E-state index contributed by atoms with van der Waals surface area (Å²) in [5, 5.41) is 18.8. The Hall–Kier alpha value is -3.33. The van der Waals surface area contributed by atoms with E-state index in [0.29, 0.717) is 12.2 Å². The number of aromatic hydroxyl groups is 2. The molecule has 9 heteroatoms. The van der Waals surface area contributed by atoms with Gasteiger partial charge in [0.25, 0.3) is 0 Å². The number of phenolic OH excluding ortho intramolecular Hbond substituents is 2. The second-order valence-electron chi connectivity index (χ2n) is 6.27. The lowest BCUT2D eigenvalue weighted by molar-refractivity contribution is -0.148. The number of ether oxygens (including phenoxy) is 3. The van der Waals surface area contributed by atoms with Crippen molar-refractivity contribution in [2.75, 3.05) is 13.2 Å².